The van der Waals surface area contributed by atoms with Crippen LogP contribution in [-0.4, -0.2) is 23.8 Å². The molecule has 1 radical (unpaired) electrons. The number of carbonyl (C=O) groups excluding carboxylic acids is 1. The SMILES string of the molecule is O=C1CC[C-]=C(c2ccc(Cl)cc2Br)N1CC(F)F.[Y]. The Bertz CT molecular complexity index is 539. The second kappa shape index (κ2) is 7.97. The number of halogens is 4. The van der Waals surface area contributed by atoms with Gasteiger partial charge in [-0.05, 0) is 6.07 Å². The molecule has 1 heterocycles. The first-order valence-corrected chi connectivity index (χ1v) is 6.81. The van der Waals surface area contributed by atoms with Crippen LogP contribution in [0.25, 0.3) is 5.70 Å². The average molecular weight is 438 g/mol. The molecule has 0 N–H and O–H groups in total. The van der Waals surface area contributed by atoms with E-state index in [2.05, 4.69) is 22.0 Å². The molecule has 7 heteroatoms. The molecule has 0 aromatic heterocycles. The van der Waals surface area contributed by atoms with Crippen molar-refractivity contribution >= 4 is 39.1 Å². The smallest absolute Gasteiger partial charge is 0.256 e. The van der Waals surface area contributed by atoms with Gasteiger partial charge < -0.3 is 4.90 Å². The summed E-state index contributed by atoms with van der Waals surface area (Å²) >= 11 is 9.17. The number of carbonyl (C=O) groups is 1. The zero-order chi connectivity index (χ0) is 14.0. The Balaban J connectivity index is 0.00000200. The van der Waals surface area contributed by atoms with Gasteiger partial charge in [0, 0.05) is 44.2 Å². The van der Waals surface area contributed by atoms with Crippen LogP contribution in [0.15, 0.2) is 22.7 Å². The predicted octanol–water partition coefficient (Wildman–Crippen LogP) is 4.13. The molecule has 1 aromatic carbocycles. The Hall–Kier alpha value is 0.164. The summed E-state index contributed by atoms with van der Waals surface area (Å²) < 4.78 is 25.8. The second-order valence-corrected chi connectivity index (χ2v) is 5.34. The van der Waals surface area contributed by atoms with Crippen LogP contribution in [0.2, 0.25) is 5.02 Å². The molecule has 0 aliphatic carbocycles. The van der Waals surface area contributed by atoms with Crippen molar-refractivity contribution in [3.05, 3.63) is 39.3 Å². The van der Waals surface area contributed by atoms with Crippen LogP contribution < -0.4 is 0 Å². The number of benzene rings is 1. The number of rotatable bonds is 3. The zero-order valence-corrected chi connectivity index (χ0v) is 15.6. The molecule has 0 unspecified atom stereocenters. The first kappa shape index (κ1) is 18.2. The molecule has 2 rings (SSSR count). The summed E-state index contributed by atoms with van der Waals surface area (Å²) in [6.07, 6.45) is 1.06. The molecule has 1 amide bonds. The van der Waals surface area contributed by atoms with E-state index in [4.69, 9.17) is 11.6 Å². The third-order valence-corrected chi connectivity index (χ3v) is 3.60. The van der Waals surface area contributed by atoms with Crippen molar-refractivity contribution in [2.45, 2.75) is 19.3 Å². The van der Waals surface area contributed by atoms with Gasteiger partial charge >= 0.3 is 0 Å². The van der Waals surface area contributed by atoms with E-state index >= 15 is 0 Å². The van der Waals surface area contributed by atoms with Crippen molar-refractivity contribution in [1.82, 2.24) is 4.90 Å². The van der Waals surface area contributed by atoms with Crippen molar-refractivity contribution in [1.29, 1.82) is 0 Å². The molecule has 20 heavy (non-hydrogen) atoms. The summed E-state index contributed by atoms with van der Waals surface area (Å²) in [5, 5.41) is 0.527. The molecular formula is C13H10BrClF2NOY-. The van der Waals surface area contributed by atoms with Crippen molar-refractivity contribution in [2.75, 3.05) is 6.54 Å². The quantitative estimate of drug-likeness (QED) is 0.650. The maximum atomic E-state index is 12.6. The number of hydrogen-bond acceptors (Lipinski definition) is 1. The van der Waals surface area contributed by atoms with Crippen LogP contribution in [0, 0.1) is 6.08 Å². The van der Waals surface area contributed by atoms with Crippen molar-refractivity contribution in [3.8, 4) is 0 Å². The van der Waals surface area contributed by atoms with Gasteiger partial charge in [0.15, 0.2) is 0 Å². The van der Waals surface area contributed by atoms with Crippen LogP contribution in [0.3, 0.4) is 0 Å². The van der Waals surface area contributed by atoms with Crippen LogP contribution in [-0.2, 0) is 37.5 Å². The summed E-state index contributed by atoms with van der Waals surface area (Å²) in [5.74, 6) is -0.309. The minimum absolute atomic E-state index is 0. The third-order valence-electron chi connectivity index (χ3n) is 2.71. The van der Waals surface area contributed by atoms with Gasteiger partial charge in [0.1, 0.15) is 0 Å². The van der Waals surface area contributed by atoms with Gasteiger partial charge in [0.2, 0.25) is 5.91 Å². The van der Waals surface area contributed by atoms with E-state index in [1.807, 2.05) is 0 Å². The maximum Gasteiger partial charge on any atom is 0.256 e. The first-order chi connectivity index (χ1) is 8.99. The van der Waals surface area contributed by atoms with Gasteiger partial charge in [-0.25, -0.2) is 14.9 Å². The van der Waals surface area contributed by atoms with Gasteiger partial charge in [-0.3, -0.25) is 4.79 Å². The number of alkyl halides is 2. The Kier molecular flexibility index (Phi) is 7.26. The summed E-state index contributed by atoms with van der Waals surface area (Å²) in [6, 6.07) is 4.99. The van der Waals surface area contributed by atoms with E-state index < -0.39 is 13.0 Å². The molecule has 0 bridgehead atoms. The van der Waals surface area contributed by atoms with E-state index in [9.17, 15) is 13.6 Å². The van der Waals surface area contributed by atoms with Crippen molar-refractivity contribution in [2.24, 2.45) is 0 Å². The topological polar surface area (TPSA) is 20.3 Å². The van der Waals surface area contributed by atoms with Gasteiger partial charge in [-0.15, -0.1) is 23.7 Å². The summed E-state index contributed by atoms with van der Waals surface area (Å²) in [6.45, 7) is -0.615. The monoisotopic (exact) mass is 437 g/mol. The first-order valence-electron chi connectivity index (χ1n) is 5.64. The van der Waals surface area contributed by atoms with Gasteiger partial charge in [-0.1, -0.05) is 38.1 Å². The number of allylic oxidation sites excluding steroid dienone is 1. The molecule has 1 aliphatic rings. The van der Waals surface area contributed by atoms with E-state index in [0.29, 0.717) is 27.2 Å². The van der Waals surface area contributed by atoms with Crippen LogP contribution in [0.5, 0.6) is 0 Å². The summed E-state index contributed by atoms with van der Waals surface area (Å²) in [4.78, 5) is 12.9. The summed E-state index contributed by atoms with van der Waals surface area (Å²) in [7, 11) is 0. The summed E-state index contributed by atoms with van der Waals surface area (Å²) in [5.41, 5.74) is 1.03. The number of nitrogens with zero attached hydrogens (tertiary/aromatic N) is 1. The molecule has 1 aromatic rings. The normalized spacial score (nSPS) is 15.2. The fourth-order valence-electron chi connectivity index (χ4n) is 1.90. The molecule has 1 aliphatic heterocycles. The predicted molar refractivity (Wildman–Crippen MR) is 72.8 cm³/mol. The van der Waals surface area contributed by atoms with E-state index in [-0.39, 0.29) is 45.0 Å². The fraction of sp³-hybridized carbons (Fsp3) is 0.308. The largest absolute Gasteiger partial charge is 0.342 e. The zero-order valence-electron chi connectivity index (χ0n) is 10.4. The molecular weight excluding hydrogens is 428 g/mol. The van der Waals surface area contributed by atoms with Gasteiger partial charge in [0.05, 0.1) is 6.54 Å². The minimum Gasteiger partial charge on any atom is -0.342 e. The maximum absolute atomic E-state index is 12.6. The Morgan fingerprint density at radius 2 is 2.15 bits per heavy atom. The van der Waals surface area contributed by atoms with Crippen LogP contribution in [0.4, 0.5) is 8.78 Å². The number of hydrogen-bond donors (Lipinski definition) is 0. The molecule has 0 saturated heterocycles. The van der Waals surface area contributed by atoms with Crippen molar-refractivity contribution < 1.29 is 46.3 Å². The molecule has 0 fully saturated rings. The molecule has 0 atom stereocenters. The standard InChI is InChI=1S/C13H10BrClF2NO.Y/c14-10-6-8(15)4-5-9(10)11-2-1-3-13(19)18(11)7-12(16)17;/h4-6,12H,1,3,7H2;/q-1;. The molecule has 105 valence electrons. The number of amides is 1. The fourth-order valence-corrected chi connectivity index (χ4v) is 2.77. The van der Waals surface area contributed by atoms with Crippen LogP contribution >= 0.6 is 27.5 Å². The van der Waals surface area contributed by atoms with E-state index in [1.165, 1.54) is 0 Å². The van der Waals surface area contributed by atoms with Crippen LogP contribution in [0.1, 0.15) is 18.4 Å². The Labute approximate surface area is 154 Å². The van der Waals surface area contributed by atoms with Gasteiger partial charge in [0.25, 0.3) is 6.43 Å². The second-order valence-electron chi connectivity index (χ2n) is 4.04. The Morgan fingerprint density at radius 3 is 2.75 bits per heavy atom. The molecule has 2 nitrogen and oxygen atoms in total. The third kappa shape index (κ3) is 4.33. The van der Waals surface area contributed by atoms with Gasteiger partial charge in [-0.2, -0.15) is 0 Å². The minimum atomic E-state index is -2.58. The average Bonchev–Trinajstić information content (AvgIpc) is 2.32. The molecule has 0 saturated carbocycles. The Morgan fingerprint density at radius 1 is 1.45 bits per heavy atom. The van der Waals surface area contributed by atoms with E-state index in [1.54, 1.807) is 18.2 Å². The van der Waals surface area contributed by atoms with Crippen molar-refractivity contribution in [3.63, 3.8) is 0 Å². The molecule has 0 spiro atoms. The van der Waals surface area contributed by atoms with E-state index in [0.717, 1.165) is 4.90 Å².